The van der Waals surface area contributed by atoms with E-state index in [-0.39, 0.29) is 5.92 Å². The summed E-state index contributed by atoms with van der Waals surface area (Å²) in [6.45, 7) is 0.968. The van der Waals surface area contributed by atoms with Gasteiger partial charge in [-0.1, -0.05) is 11.6 Å². The van der Waals surface area contributed by atoms with Crippen LogP contribution in [-0.2, 0) is 10.2 Å². The highest BCUT2D eigenvalue weighted by molar-refractivity contribution is 7.86. The lowest BCUT2D eigenvalue weighted by Gasteiger charge is -2.32. The van der Waals surface area contributed by atoms with Crippen LogP contribution < -0.4 is 0 Å². The summed E-state index contributed by atoms with van der Waals surface area (Å²) in [5, 5.41) is 0.413. The molecule has 0 spiro atoms. The molecule has 1 aromatic rings. The van der Waals surface area contributed by atoms with Crippen molar-refractivity contribution in [2.75, 3.05) is 27.2 Å². The van der Waals surface area contributed by atoms with E-state index in [9.17, 15) is 8.42 Å². The molecule has 106 valence electrons. The lowest BCUT2D eigenvalue weighted by atomic mass is 9.95. The first-order valence-electron chi connectivity index (χ1n) is 6.07. The van der Waals surface area contributed by atoms with Crippen LogP contribution in [-0.4, -0.2) is 54.2 Å². The molecule has 2 heterocycles. The predicted octanol–water partition coefficient (Wildman–Crippen LogP) is 1.12. The molecule has 1 saturated heterocycles. The fourth-order valence-corrected chi connectivity index (χ4v) is 3.59. The molecule has 0 aliphatic carbocycles. The van der Waals surface area contributed by atoms with E-state index in [0.717, 1.165) is 5.69 Å². The van der Waals surface area contributed by atoms with E-state index in [1.54, 1.807) is 26.5 Å². The highest BCUT2D eigenvalue weighted by Crippen LogP contribution is 2.31. The van der Waals surface area contributed by atoms with Gasteiger partial charge in [0.25, 0.3) is 10.2 Å². The maximum atomic E-state index is 12.0. The van der Waals surface area contributed by atoms with Crippen LogP contribution in [0.5, 0.6) is 0 Å². The van der Waals surface area contributed by atoms with Crippen molar-refractivity contribution in [1.82, 2.24) is 18.6 Å². The van der Waals surface area contributed by atoms with E-state index >= 15 is 0 Å². The minimum atomic E-state index is -3.32. The molecule has 0 radical (unpaired) electrons. The van der Waals surface area contributed by atoms with Gasteiger partial charge in [-0.3, -0.25) is 4.98 Å². The van der Waals surface area contributed by atoms with E-state index in [2.05, 4.69) is 9.97 Å². The quantitative estimate of drug-likeness (QED) is 0.839. The Bertz CT molecular complexity index is 541. The first-order chi connectivity index (χ1) is 8.93. The Hall–Kier alpha value is -0.760. The van der Waals surface area contributed by atoms with E-state index in [1.165, 1.54) is 8.61 Å². The molecule has 0 N–H and O–H groups in total. The summed E-state index contributed by atoms with van der Waals surface area (Å²) in [5.41, 5.74) is 0.770. The van der Waals surface area contributed by atoms with E-state index in [4.69, 9.17) is 11.6 Å². The summed E-state index contributed by atoms with van der Waals surface area (Å²) in [7, 11) is -0.233. The fraction of sp³-hybridized carbons (Fsp3) is 0.636. The van der Waals surface area contributed by atoms with Crippen LogP contribution in [0, 0.1) is 0 Å². The minimum Gasteiger partial charge on any atom is -0.256 e. The van der Waals surface area contributed by atoms with Gasteiger partial charge in [0, 0.05) is 45.5 Å². The molecule has 6 nitrogen and oxygen atoms in total. The van der Waals surface area contributed by atoms with Crippen molar-refractivity contribution < 1.29 is 8.42 Å². The Balaban J connectivity index is 2.06. The molecule has 0 amide bonds. The van der Waals surface area contributed by atoms with Gasteiger partial charge in [0.2, 0.25) is 0 Å². The molecule has 1 fully saturated rings. The van der Waals surface area contributed by atoms with Crippen molar-refractivity contribution in [3.05, 3.63) is 23.2 Å². The molecular formula is C11H17ClN4O2S. The number of hydrogen-bond acceptors (Lipinski definition) is 4. The maximum Gasteiger partial charge on any atom is 0.281 e. The van der Waals surface area contributed by atoms with Gasteiger partial charge in [-0.05, 0) is 12.8 Å². The van der Waals surface area contributed by atoms with Gasteiger partial charge in [0.15, 0.2) is 5.15 Å². The Kier molecular flexibility index (Phi) is 4.39. The minimum absolute atomic E-state index is 0.176. The molecule has 1 aromatic heterocycles. The number of aromatic nitrogens is 2. The highest BCUT2D eigenvalue weighted by Gasteiger charge is 2.31. The second-order valence-electron chi connectivity index (χ2n) is 4.70. The predicted molar refractivity (Wildman–Crippen MR) is 73.2 cm³/mol. The van der Waals surface area contributed by atoms with Gasteiger partial charge >= 0.3 is 0 Å². The van der Waals surface area contributed by atoms with Crippen LogP contribution in [0.25, 0.3) is 0 Å². The smallest absolute Gasteiger partial charge is 0.256 e. The molecule has 8 heteroatoms. The Morgan fingerprint density at radius 1 is 1.26 bits per heavy atom. The fourth-order valence-electron chi connectivity index (χ4n) is 2.20. The molecule has 1 aliphatic rings. The largest absolute Gasteiger partial charge is 0.281 e. The van der Waals surface area contributed by atoms with Crippen LogP contribution in [0.4, 0.5) is 0 Å². The Morgan fingerprint density at radius 2 is 1.84 bits per heavy atom. The zero-order valence-corrected chi connectivity index (χ0v) is 12.5. The number of nitrogens with zero attached hydrogens (tertiary/aromatic N) is 4. The second kappa shape index (κ2) is 5.70. The second-order valence-corrected chi connectivity index (χ2v) is 7.20. The standard InChI is InChI=1S/C11H17ClN4O2S/c1-15(2)19(17,18)16-7-3-9(4-8-16)10-11(12)14-6-5-13-10/h5-6,9H,3-4,7-8H2,1-2H3. The Morgan fingerprint density at radius 3 is 2.37 bits per heavy atom. The summed E-state index contributed by atoms with van der Waals surface area (Å²) in [4.78, 5) is 8.26. The summed E-state index contributed by atoms with van der Waals surface area (Å²) in [5.74, 6) is 0.176. The summed E-state index contributed by atoms with van der Waals surface area (Å²) >= 11 is 6.02. The van der Waals surface area contributed by atoms with Crippen molar-refractivity contribution in [2.24, 2.45) is 0 Å². The molecule has 1 aliphatic heterocycles. The monoisotopic (exact) mass is 304 g/mol. The molecular weight excluding hydrogens is 288 g/mol. The molecule has 19 heavy (non-hydrogen) atoms. The molecule has 0 saturated carbocycles. The van der Waals surface area contributed by atoms with Crippen molar-refractivity contribution in [3.8, 4) is 0 Å². The van der Waals surface area contributed by atoms with Crippen molar-refractivity contribution in [3.63, 3.8) is 0 Å². The van der Waals surface area contributed by atoms with Crippen LogP contribution in [0.2, 0.25) is 5.15 Å². The third-order valence-corrected chi connectivity index (χ3v) is 5.54. The first-order valence-corrected chi connectivity index (χ1v) is 7.84. The summed E-state index contributed by atoms with van der Waals surface area (Å²) < 4.78 is 26.7. The first kappa shape index (κ1) is 14.6. The molecule has 0 aromatic carbocycles. The molecule has 0 unspecified atom stereocenters. The van der Waals surface area contributed by atoms with Crippen molar-refractivity contribution >= 4 is 21.8 Å². The van der Waals surface area contributed by atoms with Gasteiger partial charge in [-0.15, -0.1) is 0 Å². The SMILES string of the molecule is CN(C)S(=O)(=O)N1CCC(c2nccnc2Cl)CC1. The van der Waals surface area contributed by atoms with Gasteiger partial charge in [-0.25, -0.2) is 4.98 Å². The highest BCUT2D eigenvalue weighted by atomic mass is 35.5. The maximum absolute atomic E-state index is 12.0. The van der Waals surface area contributed by atoms with Gasteiger partial charge in [-0.2, -0.15) is 17.0 Å². The number of hydrogen-bond donors (Lipinski definition) is 0. The molecule has 0 atom stereocenters. The molecule has 0 bridgehead atoms. The van der Waals surface area contributed by atoms with Gasteiger partial charge in [0.1, 0.15) is 0 Å². The molecule has 2 rings (SSSR count). The summed E-state index contributed by atoms with van der Waals surface area (Å²) in [6.07, 6.45) is 4.60. The Labute approximate surface area is 118 Å². The topological polar surface area (TPSA) is 66.4 Å². The van der Waals surface area contributed by atoms with E-state index in [1.807, 2.05) is 0 Å². The van der Waals surface area contributed by atoms with Crippen LogP contribution in [0.3, 0.4) is 0 Å². The normalized spacial score (nSPS) is 18.9. The van der Waals surface area contributed by atoms with Crippen LogP contribution in [0.1, 0.15) is 24.5 Å². The van der Waals surface area contributed by atoms with Gasteiger partial charge < -0.3 is 0 Å². The van der Waals surface area contributed by atoms with Crippen LogP contribution in [0.15, 0.2) is 12.4 Å². The van der Waals surface area contributed by atoms with Crippen molar-refractivity contribution in [2.45, 2.75) is 18.8 Å². The average Bonchev–Trinajstić information content (AvgIpc) is 2.39. The zero-order chi connectivity index (χ0) is 14.0. The average molecular weight is 305 g/mol. The third kappa shape index (κ3) is 3.05. The number of rotatable bonds is 3. The van der Waals surface area contributed by atoms with E-state index in [0.29, 0.717) is 31.1 Å². The van der Waals surface area contributed by atoms with Gasteiger partial charge in [0.05, 0.1) is 5.69 Å². The van der Waals surface area contributed by atoms with Crippen molar-refractivity contribution in [1.29, 1.82) is 0 Å². The van der Waals surface area contributed by atoms with E-state index < -0.39 is 10.2 Å². The third-order valence-electron chi connectivity index (χ3n) is 3.31. The number of piperidine rings is 1. The lowest BCUT2D eigenvalue weighted by molar-refractivity contribution is 0.300. The number of halogens is 1. The van der Waals surface area contributed by atoms with Crippen LogP contribution >= 0.6 is 11.6 Å². The summed E-state index contributed by atoms with van der Waals surface area (Å²) in [6, 6.07) is 0. The lowest BCUT2D eigenvalue weighted by Crippen LogP contribution is -2.44. The zero-order valence-electron chi connectivity index (χ0n) is 11.0.